The van der Waals surface area contributed by atoms with Crippen molar-refractivity contribution in [2.75, 3.05) is 7.11 Å². The molecule has 194 valence electrons. The average molecular weight is 520 g/mol. The van der Waals surface area contributed by atoms with E-state index < -0.39 is 40.9 Å². The van der Waals surface area contributed by atoms with Gasteiger partial charge in [-0.1, -0.05) is 36.4 Å². The summed E-state index contributed by atoms with van der Waals surface area (Å²) in [6.07, 6.45) is 0. The smallest absolute Gasteiger partial charge is 0.344 e. The Bertz CT molecular complexity index is 1540. The van der Waals surface area contributed by atoms with Crippen molar-refractivity contribution in [2.45, 2.75) is 13.5 Å². The molecule has 0 amide bonds. The minimum Gasteiger partial charge on any atom is -0.478 e. The Kier molecular flexibility index (Phi) is 7.63. The van der Waals surface area contributed by atoms with Crippen molar-refractivity contribution < 1.29 is 37.7 Å². The highest BCUT2D eigenvalue weighted by Crippen LogP contribution is 2.35. The van der Waals surface area contributed by atoms with E-state index in [4.69, 9.17) is 15.2 Å². The molecule has 3 aromatic carbocycles. The third-order valence-electron chi connectivity index (χ3n) is 5.53. The van der Waals surface area contributed by atoms with E-state index in [0.29, 0.717) is 12.1 Å². The maximum absolute atomic E-state index is 15.3. The molecule has 8 nitrogen and oxygen atoms in total. The van der Waals surface area contributed by atoms with Crippen molar-refractivity contribution in [2.24, 2.45) is 5.73 Å². The molecule has 3 N–H and O–H groups in total. The summed E-state index contributed by atoms with van der Waals surface area (Å²) in [5.41, 5.74) is 7.37. The lowest BCUT2D eigenvalue weighted by molar-refractivity contribution is 0.0585. The minimum absolute atomic E-state index is 0.127. The first-order valence-electron chi connectivity index (χ1n) is 11.3. The monoisotopic (exact) mass is 520 g/mol. The molecule has 0 aliphatic rings. The zero-order chi connectivity index (χ0) is 27.4. The zero-order valence-electron chi connectivity index (χ0n) is 20.3. The van der Waals surface area contributed by atoms with Crippen LogP contribution in [0.5, 0.6) is 23.3 Å². The average Bonchev–Trinajstić information content (AvgIpc) is 2.91. The number of carboxylic acid groups (broad SMARTS) is 1. The Labute approximate surface area is 216 Å². The van der Waals surface area contributed by atoms with Crippen LogP contribution in [0.15, 0.2) is 66.7 Å². The summed E-state index contributed by atoms with van der Waals surface area (Å²) >= 11 is 0. The minimum atomic E-state index is -1.48. The number of pyridine rings is 1. The highest BCUT2D eigenvalue weighted by molar-refractivity contribution is 5.92. The molecule has 0 spiro atoms. The number of benzene rings is 3. The molecule has 0 fully saturated rings. The van der Waals surface area contributed by atoms with Gasteiger partial charge in [0.15, 0.2) is 0 Å². The molecule has 4 rings (SSSR count). The quantitative estimate of drug-likeness (QED) is 0.277. The highest BCUT2D eigenvalue weighted by atomic mass is 19.1. The fraction of sp³-hybridized carbons (Fsp3) is 0.107. The number of aromatic carboxylic acids is 1. The van der Waals surface area contributed by atoms with Crippen molar-refractivity contribution in [3.8, 4) is 34.4 Å². The molecule has 0 bridgehead atoms. The Balaban J connectivity index is 1.78. The summed E-state index contributed by atoms with van der Waals surface area (Å²) in [6.45, 7) is 2.01. The summed E-state index contributed by atoms with van der Waals surface area (Å²) < 4.78 is 46.1. The summed E-state index contributed by atoms with van der Waals surface area (Å²) in [5.74, 6) is -7.37. The van der Waals surface area contributed by atoms with E-state index >= 15 is 8.78 Å². The largest absolute Gasteiger partial charge is 0.478 e. The molecule has 0 saturated heterocycles. The number of aryl methyl sites for hydroxylation is 1. The van der Waals surface area contributed by atoms with Gasteiger partial charge in [-0.05, 0) is 59.5 Å². The van der Waals surface area contributed by atoms with Crippen molar-refractivity contribution in [1.82, 2.24) is 4.98 Å². The second kappa shape index (κ2) is 11.1. The van der Waals surface area contributed by atoms with Gasteiger partial charge in [0.1, 0.15) is 22.6 Å². The Morgan fingerprint density at radius 3 is 2.24 bits per heavy atom. The number of esters is 1. The summed E-state index contributed by atoms with van der Waals surface area (Å²) in [5, 5.41) is 9.47. The Morgan fingerprint density at radius 2 is 1.58 bits per heavy atom. The number of nitrogens with two attached hydrogens (primary N) is 1. The van der Waals surface area contributed by atoms with Crippen LogP contribution in [0.4, 0.5) is 8.78 Å². The van der Waals surface area contributed by atoms with Gasteiger partial charge in [0, 0.05) is 6.54 Å². The first-order valence-corrected chi connectivity index (χ1v) is 11.3. The highest BCUT2D eigenvalue weighted by Gasteiger charge is 2.29. The number of hydrogen-bond donors (Lipinski definition) is 2. The zero-order valence-corrected chi connectivity index (χ0v) is 20.3. The third kappa shape index (κ3) is 5.45. The maximum atomic E-state index is 15.3. The number of carboxylic acids is 1. The lowest BCUT2D eigenvalue weighted by Gasteiger charge is -2.14. The van der Waals surface area contributed by atoms with Crippen LogP contribution in [0.2, 0.25) is 0 Å². The van der Waals surface area contributed by atoms with E-state index in [-0.39, 0.29) is 17.1 Å². The number of rotatable bonds is 8. The van der Waals surface area contributed by atoms with Crippen molar-refractivity contribution in [3.63, 3.8) is 0 Å². The van der Waals surface area contributed by atoms with E-state index in [0.717, 1.165) is 23.8 Å². The number of halogens is 2. The van der Waals surface area contributed by atoms with Crippen molar-refractivity contribution in [3.05, 3.63) is 101 Å². The maximum Gasteiger partial charge on any atom is 0.344 e. The summed E-state index contributed by atoms with van der Waals surface area (Å²) in [4.78, 5) is 27.7. The van der Waals surface area contributed by atoms with Crippen LogP contribution < -0.4 is 15.2 Å². The lowest BCUT2D eigenvalue weighted by atomic mass is 10.0. The predicted octanol–water partition coefficient (Wildman–Crippen LogP) is 5.86. The van der Waals surface area contributed by atoms with E-state index in [9.17, 15) is 14.7 Å². The van der Waals surface area contributed by atoms with Crippen LogP contribution in [-0.4, -0.2) is 29.1 Å². The Hall–Kier alpha value is -4.83. The number of methoxy groups -OCH3 is 1. The van der Waals surface area contributed by atoms with Crippen LogP contribution in [0, 0.1) is 18.6 Å². The summed E-state index contributed by atoms with van der Waals surface area (Å²) in [6, 6.07) is 18.2. The van der Waals surface area contributed by atoms with Crippen LogP contribution in [0.3, 0.4) is 0 Å². The van der Waals surface area contributed by atoms with Gasteiger partial charge >= 0.3 is 11.9 Å². The molecular weight excluding hydrogens is 498 g/mol. The first-order chi connectivity index (χ1) is 18.2. The molecule has 0 atom stereocenters. The molecule has 0 radical (unpaired) electrons. The number of carbonyl (C=O) groups is 2. The number of nitrogens with zero attached hydrogens (tertiary/aromatic N) is 1. The second-order valence-corrected chi connectivity index (χ2v) is 8.16. The van der Waals surface area contributed by atoms with Crippen LogP contribution in [0.25, 0.3) is 11.1 Å². The normalized spacial score (nSPS) is 10.7. The third-order valence-corrected chi connectivity index (χ3v) is 5.53. The number of aromatic nitrogens is 1. The van der Waals surface area contributed by atoms with Crippen molar-refractivity contribution in [1.29, 1.82) is 0 Å². The molecule has 0 aliphatic carbocycles. The van der Waals surface area contributed by atoms with Crippen molar-refractivity contribution >= 4 is 11.9 Å². The van der Waals surface area contributed by atoms with Crippen LogP contribution >= 0.6 is 0 Å². The molecule has 0 saturated carbocycles. The summed E-state index contributed by atoms with van der Waals surface area (Å²) in [7, 11) is 0.949. The van der Waals surface area contributed by atoms with Gasteiger partial charge < -0.3 is 25.1 Å². The van der Waals surface area contributed by atoms with Gasteiger partial charge in [-0.15, -0.1) is 0 Å². The topological polar surface area (TPSA) is 121 Å². The molecular formula is C28H22F2N2O6. The van der Waals surface area contributed by atoms with Crippen LogP contribution in [0.1, 0.15) is 31.8 Å². The van der Waals surface area contributed by atoms with E-state index in [2.05, 4.69) is 9.72 Å². The molecule has 4 aromatic rings. The lowest BCUT2D eigenvalue weighted by Crippen LogP contribution is -2.12. The van der Waals surface area contributed by atoms with Crippen LogP contribution in [-0.2, 0) is 11.3 Å². The molecule has 1 aromatic heterocycles. The van der Waals surface area contributed by atoms with Gasteiger partial charge in [-0.2, -0.15) is 13.8 Å². The van der Waals surface area contributed by atoms with E-state index in [1.807, 2.05) is 24.3 Å². The molecule has 0 unspecified atom stereocenters. The standard InChI is InChI=1S/C28H22F2N2O6/c1-15-9-10-20(27(33)34)21(11-15)38-26-24(30)22(28(35)36-2)23(29)25(32-26)37-19-8-4-7-18(13-19)17-6-3-5-16(12-17)14-31/h3-13H,14,31H2,1-2H3,(H,33,34). The molecule has 1 heterocycles. The molecule has 0 aliphatic heterocycles. The Morgan fingerprint density at radius 1 is 0.921 bits per heavy atom. The number of hydrogen-bond acceptors (Lipinski definition) is 7. The van der Waals surface area contributed by atoms with E-state index in [1.54, 1.807) is 25.1 Å². The van der Waals surface area contributed by atoms with Gasteiger partial charge in [0.05, 0.1) is 7.11 Å². The first kappa shape index (κ1) is 26.2. The van der Waals surface area contributed by atoms with Gasteiger partial charge in [0.2, 0.25) is 11.6 Å². The molecule has 38 heavy (non-hydrogen) atoms. The number of carbonyl (C=O) groups excluding carboxylic acids is 1. The molecule has 10 heteroatoms. The second-order valence-electron chi connectivity index (χ2n) is 8.16. The number of ether oxygens (including phenoxy) is 3. The SMILES string of the molecule is COC(=O)c1c(F)c(Oc2cccc(-c3cccc(CN)c3)c2)nc(Oc2cc(C)ccc2C(=O)O)c1F. The van der Waals surface area contributed by atoms with E-state index in [1.165, 1.54) is 24.3 Å². The fourth-order valence-corrected chi connectivity index (χ4v) is 3.64. The van der Waals surface area contributed by atoms with Gasteiger partial charge in [-0.25, -0.2) is 9.59 Å². The fourth-order valence-electron chi connectivity index (χ4n) is 3.64. The van der Waals surface area contributed by atoms with Gasteiger partial charge in [0.25, 0.3) is 11.8 Å². The van der Waals surface area contributed by atoms with Gasteiger partial charge in [-0.3, -0.25) is 0 Å². The predicted molar refractivity (Wildman–Crippen MR) is 134 cm³/mol.